The summed E-state index contributed by atoms with van der Waals surface area (Å²) in [5.41, 5.74) is -0.627. The monoisotopic (exact) mass is 197 g/mol. The molecule has 0 aliphatic carbocycles. The Hall–Kier alpha value is -1.78. The zero-order valence-electron chi connectivity index (χ0n) is 7.74. The summed E-state index contributed by atoms with van der Waals surface area (Å²) >= 11 is 0. The number of amides is 1. The summed E-state index contributed by atoms with van der Waals surface area (Å²) in [4.78, 5) is 22.2. The molecule has 1 aromatic rings. The van der Waals surface area contributed by atoms with Crippen molar-refractivity contribution in [1.29, 1.82) is 0 Å². The number of nitrogens with one attached hydrogen (secondary N) is 1. The van der Waals surface area contributed by atoms with Crippen LogP contribution in [0.1, 0.15) is 23.9 Å². The van der Waals surface area contributed by atoms with Crippen LogP contribution in [-0.2, 0) is 0 Å². The van der Waals surface area contributed by atoms with E-state index < -0.39 is 17.1 Å². The second-order valence-corrected chi connectivity index (χ2v) is 2.72. The van der Waals surface area contributed by atoms with E-state index >= 15 is 0 Å². The molecule has 5 heteroatoms. The fourth-order valence-corrected chi connectivity index (χ4v) is 0.890. The lowest BCUT2D eigenvalue weighted by atomic mass is 10.3. The third-order valence-electron chi connectivity index (χ3n) is 1.60. The fourth-order valence-electron chi connectivity index (χ4n) is 0.890. The summed E-state index contributed by atoms with van der Waals surface area (Å²) in [6, 6.07) is 1.05. The van der Waals surface area contributed by atoms with Crippen LogP contribution in [0.3, 0.4) is 0 Å². The van der Waals surface area contributed by atoms with Gasteiger partial charge >= 0.3 is 0 Å². The van der Waals surface area contributed by atoms with Crippen molar-refractivity contribution in [1.82, 2.24) is 5.32 Å². The molecular weight excluding hydrogens is 186 g/mol. The molecule has 0 unspecified atom stereocenters. The third-order valence-corrected chi connectivity index (χ3v) is 1.60. The Bertz CT molecular complexity index is 383. The average molecular weight is 197 g/mol. The Morgan fingerprint density at radius 2 is 2.36 bits per heavy atom. The smallest absolute Gasteiger partial charge is 0.291 e. The molecule has 0 aliphatic rings. The third kappa shape index (κ3) is 2.12. The van der Waals surface area contributed by atoms with Gasteiger partial charge in [0.05, 0.1) is 6.26 Å². The predicted molar refractivity (Wildman–Crippen MR) is 49.3 cm³/mol. The highest BCUT2D eigenvalue weighted by Crippen LogP contribution is 2.09. The maximum Gasteiger partial charge on any atom is 0.291 e. The summed E-state index contributed by atoms with van der Waals surface area (Å²) < 4.78 is 4.74. The quantitative estimate of drug-likeness (QED) is 0.738. The van der Waals surface area contributed by atoms with Crippen LogP contribution in [0.15, 0.2) is 21.5 Å². The van der Waals surface area contributed by atoms with Gasteiger partial charge in [0, 0.05) is 12.6 Å². The SMILES string of the molecule is CCCNC(=O)c1occc(=O)c1O. The van der Waals surface area contributed by atoms with Crippen LogP contribution in [0.2, 0.25) is 0 Å². The molecule has 0 aliphatic heterocycles. The minimum absolute atomic E-state index is 0.342. The lowest BCUT2D eigenvalue weighted by Crippen LogP contribution is -2.25. The molecule has 1 aromatic heterocycles. The topological polar surface area (TPSA) is 79.5 Å². The van der Waals surface area contributed by atoms with Gasteiger partial charge in [-0.3, -0.25) is 9.59 Å². The molecule has 0 saturated carbocycles. The number of rotatable bonds is 3. The highest BCUT2D eigenvalue weighted by molar-refractivity contribution is 5.93. The minimum atomic E-state index is -0.652. The Labute approximate surface area is 80.4 Å². The van der Waals surface area contributed by atoms with Crippen LogP contribution in [0.25, 0.3) is 0 Å². The second kappa shape index (κ2) is 4.45. The molecule has 76 valence electrons. The van der Waals surface area contributed by atoms with Crippen molar-refractivity contribution in [3.05, 3.63) is 28.3 Å². The first-order valence-corrected chi connectivity index (χ1v) is 4.25. The molecular formula is C9H11NO4. The molecule has 0 radical (unpaired) electrons. The van der Waals surface area contributed by atoms with E-state index in [1.165, 1.54) is 0 Å². The van der Waals surface area contributed by atoms with E-state index in [0.29, 0.717) is 6.54 Å². The number of hydrogen-bond acceptors (Lipinski definition) is 4. The van der Waals surface area contributed by atoms with Crippen molar-refractivity contribution in [2.24, 2.45) is 0 Å². The number of carbonyl (C=O) groups excluding carboxylic acids is 1. The minimum Gasteiger partial charge on any atom is -0.501 e. The molecule has 5 nitrogen and oxygen atoms in total. The van der Waals surface area contributed by atoms with Crippen molar-refractivity contribution in [3.63, 3.8) is 0 Å². The molecule has 14 heavy (non-hydrogen) atoms. The van der Waals surface area contributed by atoms with Crippen LogP contribution in [0.4, 0.5) is 0 Å². The molecule has 0 atom stereocenters. The molecule has 1 rings (SSSR count). The molecule has 0 aromatic carbocycles. The van der Waals surface area contributed by atoms with Crippen molar-refractivity contribution in [2.75, 3.05) is 6.54 Å². The van der Waals surface area contributed by atoms with Crippen molar-refractivity contribution >= 4 is 5.91 Å². The summed E-state index contributed by atoms with van der Waals surface area (Å²) in [5.74, 6) is -1.57. The Kier molecular flexibility index (Phi) is 3.28. The summed E-state index contributed by atoms with van der Waals surface area (Å²) in [7, 11) is 0. The maximum atomic E-state index is 11.3. The molecule has 0 spiro atoms. The van der Waals surface area contributed by atoms with E-state index in [4.69, 9.17) is 4.42 Å². The van der Waals surface area contributed by atoms with Crippen molar-refractivity contribution in [2.45, 2.75) is 13.3 Å². The van der Waals surface area contributed by atoms with E-state index in [0.717, 1.165) is 18.8 Å². The van der Waals surface area contributed by atoms with Gasteiger partial charge in [0.25, 0.3) is 5.91 Å². The highest BCUT2D eigenvalue weighted by Gasteiger charge is 2.15. The summed E-state index contributed by atoms with van der Waals surface area (Å²) in [5, 5.41) is 11.7. The summed E-state index contributed by atoms with van der Waals surface area (Å²) in [6.45, 7) is 2.36. The van der Waals surface area contributed by atoms with E-state index in [-0.39, 0.29) is 5.76 Å². The molecule has 0 saturated heterocycles. The fraction of sp³-hybridized carbons (Fsp3) is 0.333. The highest BCUT2D eigenvalue weighted by atomic mass is 16.4. The van der Waals surface area contributed by atoms with E-state index in [2.05, 4.69) is 5.32 Å². The Morgan fingerprint density at radius 1 is 1.64 bits per heavy atom. The molecule has 1 heterocycles. The van der Waals surface area contributed by atoms with Gasteiger partial charge in [-0.05, 0) is 6.42 Å². The van der Waals surface area contributed by atoms with E-state index in [9.17, 15) is 14.7 Å². The number of carbonyl (C=O) groups is 1. The first kappa shape index (κ1) is 10.3. The van der Waals surface area contributed by atoms with Gasteiger partial charge in [-0.15, -0.1) is 0 Å². The van der Waals surface area contributed by atoms with Gasteiger partial charge in [-0.2, -0.15) is 0 Å². The number of aromatic hydroxyl groups is 1. The molecule has 1 amide bonds. The first-order chi connectivity index (χ1) is 6.66. The predicted octanol–water partition coefficient (Wildman–Crippen LogP) is 0.485. The van der Waals surface area contributed by atoms with Gasteiger partial charge in [0.1, 0.15) is 0 Å². The molecule has 0 fully saturated rings. The van der Waals surface area contributed by atoms with Gasteiger partial charge in [0.15, 0.2) is 0 Å². The van der Waals surface area contributed by atoms with Gasteiger partial charge in [-0.25, -0.2) is 0 Å². The zero-order valence-corrected chi connectivity index (χ0v) is 7.74. The van der Waals surface area contributed by atoms with Crippen molar-refractivity contribution < 1.29 is 14.3 Å². The Balaban J connectivity index is 2.90. The zero-order chi connectivity index (χ0) is 10.6. The molecule has 2 N–H and O–H groups in total. The lowest BCUT2D eigenvalue weighted by molar-refractivity contribution is 0.0918. The molecule has 0 bridgehead atoms. The maximum absolute atomic E-state index is 11.3. The van der Waals surface area contributed by atoms with Gasteiger partial charge in [-0.1, -0.05) is 6.92 Å². The van der Waals surface area contributed by atoms with E-state index in [1.807, 2.05) is 6.92 Å². The van der Waals surface area contributed by atoms with Gasteiger partial charge < -0.3 is 14.8 Å². The Morgan fingerprint density at radius 3 is 3.00 bits per heavy atom. The van der Waals surface area contributed by atoms with Crippen LogP contribution in [0, 0.1) is 0 Å². The number of hydrogen-bond donors (Lipinski definition) is 2. The van der Waals surface area contributed by atoms with Crippen LogP contribution >= 0.6 is 0 Å². The normalized spacial score (nSPS) is 9.79. The second-order valence-electron chi connectivity index (χ2n) is 2.72. The first-order valence-electron chi connectivity index (χ1n) is 4.25. The lowest BCUT2D eigenvalue weighted by Gasteiger charge is -2.02. The van der Waals surface area contributed by atoms with Crippen LogP contribution in [0.5, 0.6) is 5.75 Å². The van der Waals surface area contributed by atoms with Crippen LogP contribution < -0.4 is 10.7 Å². The standard InChI is InChI=1S/C9H11NO4/c1-2-4-10-9(13)8-7(12)6(11)3-5-14-8/h3,5,12H,2,4H2,1H3,(H,10,13). The van der Waals surface area contributed by atoms with Crippen LogP contribution in [-0.4, -0.2) is 17.6 Å². The average Bonchev–Trinajstić information content (AvgIpc) is 2.18. The largest absolute Gasteiger partial charge is 0.501 e. The summed E-state index contributed by atoms with van der Waals surface area (Å²) in [6.07, 6.45) is 1.84. The van der Waals surface area contributed by atoms with Gasteiger partial charge in [0.2, 0.25) is 16.9 Å². The van der Waals surface area contributed by atoms with Crippen molar-refractivity contribution in [3.8, 4) is 5.75 Å². The van der Waals surface area contributed by atoms with E-state index in [1.54, 1.807) is 0 Å².